The third-order valence-corrected chi connectivity index (χ3v) is 3.49. The third kappa shape index (κ3) is 7.11. The first kappa shape index (κ1) is 15.9. The van der Waals surface area contributed by atoms with Crippen molar-refractivity contribution < 1.29 is 4.79 Å². The lowest BCUT2D eigenvalue weighted by molar-refractivity contribution is -0.120. The molecule has 0 saturated heterocycles. The fourth-order valence-electron chi connectivity index (χ4n) is 1.79. The maximum absolute atomic E-state index is 11.4. The molecule has 0 aliphatic rings. The molecule has 2 N–H and O–H groups in total. The Kier molecular flexibility index (Phi) is 8.14. The van der Waals surface area contributed by atoms with Gasteiger partial charge in [0.15, 0.2) is 0 Å². The lowest BCUT2D eigenvalue weighted by atomic mass is 10.1. The predicted octanol–water partition coefficient (Wildman–Crippen LogP) is 2.92. The predicted molar refractivity (Wildman–Crippen MR) is 84.9 cm³/mol. The molecule has 0 aromatic heterocycles. The van der Waals surface area contributed by atoms with Gasteiger partial charge in [-0.2, -0.15) is 11.8 Å². The van der Waals surface area contributed by atoms with Gasteiger partial charge in [0.25, 0.3) is 0 Å². The Morgan fingerprint density at radius 1 is 1.21 bits per heavy atom. The molecule has 0 spiro atoms. The topological polar surface area (TPSA) is 41.1 Å². The highest BCUT2D eigenvalue weighted by Gasteiger charge is 2.01. The number of hydrogen-bond donors (Lipinski definition) is 2. The van der Waals surface area contributed by atoms with Crippen molar-refractivity contribution in [1.82, 2.24) is 5.32 Å². The first-order chi connectivity index (χ1) is 9.26. The SMILES string of the molecule is CCNC(=O)Cc1ccc(NCCCCSC)cc1. The summed E-state index contributed by atoms with van der Waals surface area (Å²) in [4.78, 5) is 11.4. The van der Waals surface area contributed by atoms with E-state index < -0.39 is 0 Å². The molecule has 19 heavy (non-hydrogen) atoms. The van der Waals surface area contributed by atoms with Gasteiger partial charge in [0.05, 0.1) is 6.42 Å². The Morgan fingerprint density at radius 2 is 1.95 bits per heavy atom. The molecule has 1 aromatic carbocycles. The molecule has 0 saturated carbocycles. The van der Waals surface area contributed by atoms with E-state index in [-0.39, 0.29) is 5.91 Å². The summed E-state index contributed by atoms with van der Waals surface area (Å²) in [5.41, 5.74) is 2.18. The number of rotatable bonds is 9. The highest BCUT2D eigenvalue weighted by atomic mass is 32.2. The van der Waals surface area contributed by atoms with Gasteiger partial charge >= 0.3 is 0 Å². The highest BCUT2D eigenvalue weighted by Crippen LogP contribution is 2.10. The van der Waals surface area contributed by atoms with E-state index in [4.69, 9.17) is 0 Å². The first-order valence-electron chi connectivity index (χ1n) is 6.84. The van der Waals surface area contributed by atoms with Crippen molar-refractivity contribution in [3.05, 3.63) is 29.8 Å². The molecule has 1 rings (SSSR count). The molecule has 0 aliphatic heterocycles. The zero-order valence-corrected chi connectivity index (χ0v) is 12.7. The van der Waals surface area contributed by atoms with Crippen LogP contribution in [0, 0.1) is 0 Å². The zero-order valence-electron chi connectivity index (χ0n) is 11.9. The number of benzene rings is 1. The number of likely N-dealkylation sites (N-methyl/N-ethyl adjacent to an activating group) is 1. The number of amides is 1. The van der Waals surface area contributed by atoms with Crippen LogP contribution in [0.15, 0.2) is 24.3 Å². The summed E-state index contributed by atoms with van der Waals surface area (Å²) in [7, 11) is 0. The fraction of sp³-hybridized carbons (Fsp3) is 0.533. The Morgan fingerprint density at radius 3 is 2.58 bits per heavy atom. The van der Waals surface area contributed by atoms with Gasteiger partial charge in [-0.15, -0.1) is 0 Å². The molecule has 0 radical (unpaired) electrons. The highest BCUT2D eigenvalue weighted by molar-refractivity contribution is 7.98. The second kappa shape index (κ2) is 9.73. The van der Waals surface area contributed by atoms with Gasteiger partial charge in [0.2, 0.25) is 5.91 Å². The van der Waals surface area contributed by atoms with Crippen LogP contribution in [0.25, 0.3) is 0 Å². The van der Waals surface area contributed by atoms with Gasteiger partial charge in [-0.3, -0.25) is 4.79 Å². The van der Waals surface area contributed by atoms with E-state index in [0.29, 0.717) is 13.0 Å². The molecule has 3 nitrogen and oxygen atoms in total. The van der Waals surface area contributed by atoms with Crippen LogP contribution in [0.5, 0.6) is 0 Å². The van der Waals surface area contributed by atoms with Crippen molar-refractivity contribution in [2.24, 2.45) is 0 Å². The minimum absolute atomic E-state index is 0.0836. The molecule has 106 valence electrons. The Bertz CT molecular complexity index is 365. The van der Waals surface area contributed by atoms with E-state index in [1.165, 1.54) is 18.6 Å². The van der Waals surface area contributed by atoms with Crippen LogP contribution in [0.3, 0.4) is 0 Å². The van der Waals surface area contributed by atoms with Crippen molar-refractivity contribution >= 4 is 23.4 Å². The lowest BCUT2D eigenvalue weighted by Gasteiger charge is -2.07. The number of unbranched alkanes of at least 4 members (excludes halogenated alkanes) is 1. The second-order valence-electron chi connectivity index (χ2n) is 4.45. The number of thioether (sulfide) groups is 1. The van der Waals surface area contributed by atoms with Gasteiger partial charge in [-0.25, -0.2) is 0 Å². The van der Waals surface area contributed by atoms with Gasteiger partial charge in [0, 0.05) is 18.8 Å². The maximum Gasteiger partial charge on any atom is 0.224 e. The van der Waals surface area contributed by atoms with E-state index in [0.717, 1.165) is 17.8 Å². The van der Waals surface area contributed by atoms with Crippen LogP contribution in [0.1, 0.15) is 25.3 Å². The smallest absolute Gasteiger partial charge is 0.224 e. The van der Waals surface area contributed by atoms with E-state index in [1.807, 2.05) is 43.0 Å². The molecule has 4 heteroatoms. The molecule has 0 bridgehead atoms. The second-order valence-corrected chi connectivity index (χ2v) is 5.44. The Hall–Kier alpha value is -1.16. The summed E-state index contributed by atoms with van der Waals surface area (Å²) in [5.74, 6) is 1.31. The third-order valence-electron chi connectivity index (χ3n) is 2.80. The summed E-state index contributed by atoms with van der Waals surface area (Å²) < 4.78 is 0. The number of anilines is 1. The average molecular weight is 280 g/mol. The molecule has 0 fully saturated rings. The first-order valence-corrected chi connectivity index (χ1v) is 8.24. The number of hydrogen-bond acceptors (Lipinski definition) is 3. The Balaban J connectivity index is 2.29. The van der Waals surface area contributed by atoms with E-state index in [9.17, 15) is 4.79 Å². The van der Waals surface area contributed by atoms with E-state index in [2.05, 4.69) is 16.9 Å². The molecular weight excluding hydrogens is 256 g/mol. The van der Waals surface area contributed by atoms with Crippen LogP contribution in [0.4, 0.5) is 5.69 Å². The lowest BCUT2D eigenvalue weighted by Crippen LogP contribution is -2.24. The fourth-order valence-corrected chi connectivity index (χ4v) is 2.28. The molecule has 0 heterocycles. The zero-order chi connectivity index (χ0) is 13.9. The van der Waals surface area contributed by atoms with Crippen molar-refractivity contribution in [1.29, 1.82) is 0 Å². The number of carbonyl (C=O) groups excluding carboxylic acids is 1. The summed E-state index contributed by atoms with van der Waals surface area (Å²) in [5, 5.41) is 6.21. The van der Waals surface area contributed by atoms with Crippen LogP contribution < -0.4 is 10.6 Å². The average Bonchev–Trinajstić information content (AvgIpc) is 2.41. The number of carbonyl (C=O) groups is 1. The standard InChI is InChI=1S/C15H24N2OS/c1-3-16-15(18)12-13-6-8-14(9-7-13)17-10-4-5-11-19-2/h6-9,17H,3-5,10-12H2,1-2H3,(H,16,18). The van der Waals surface area contributed by atoms with Crippen molar-refractivity contribution in [3.8, 4) is 0 Å². The molecule has 0 aliphatic carbocycles. The van der Waals surface area contributed by atoms with Crippen LogP contribution in [-0.2, 0) is 11.2 Å². The van der Waals surface area contributed by atoms with Crippen LogP contribution in [-0.4, -0.2) is 31.0 Å². The van der Waals surface area contributed by atoms with Crippen LogP contribution >= 0.6 is 11.8 Å². The quantitative estimate of drug-likeness (QED) is 0.683. The van der Waals surface area contributed by atoms with Crippen molar-refractivity contribution in [3.63, 3.8) is 0 Å². The molecule has 1 amide bonds. The largest absolute Gasteiger partial charge is 0.385 e. The van der Waals surface area contributed by atoms with Crippen molar-refractivity contribution in [2.75, 3.05) is 30.4 Å². The van der Waals surface area contributed by atoms with Gasteiger partial charge < -0.3 is 10.6 Å². The number of nitrogens with one attached hydrogen (secondary N) is 2. The van der Waals surface area contributed by atoms with Gasteiger partial charge in [-0.05, 0) is 49.5 Å². The van der Waals surface area contributed by atoms with Gasteiger partial charge in [-0.1, -0.05) is 12.1 Å². The Labute approximate surface area is 120 Å². The molecule has 0 unspecified atom stereocenters. The minimum atomic E-state index is 0.0836. The van der Waals surface area contributed by atoms with Gasteiger partial charge in [0.1, 0.15) is 0 Å². The van der Waals surface area contributed by atoms with E-state index in [1.54, 1.807) is 0 Å². The van der Waals surface area contributed by atoms with Crippen molar-refractivity contribution in [2.45, 2.75) is 26.2 Å². The molecule has 1 aromatic rings. The molecule has 0 atom stereocenters. The summed E-state index contributed by atoms with van der Waals surface area (Å²) in [6, 6.07) is 8.12. The minimum Gasteiger partial charge on any atom is -0.385 e. The van der Waals surface area contributed by atoms with Crippen LogP contribution in [0.2, 0.25) is 0 Å². The molecular formula is C15H24N2OS. The summed E-state index contributed by atoms with van der Waals surface area (Å²) in [6.45, 7) is 3.63. The maximum atomic E-state index is 11.4. The normalized spacial score (nSPS) is 10.2. The summed E-state index contributed by atoms with van der Waals surface area (Å²) in [6.07, 6.45) is 5.05. The summed E-state index contributed by atoms with van der Waals surface area (Å²) >= 11 is 1.89. The van der Waals surface area contributed by atoms with E-state index >= 15 is 0 Å². The monoisotopic (exact) mass is 280 g/mol.